The van der Waals surface area contributed by atoms with Crippen LogP contribution in [0.3, 0.4) is 0 Å². The van der Waals surface area contributed by atoms with E-state index in [9.17, 15) is 9.90 Å². The summed E-state index contributed by atoms with van der Waals surface area (Å²) in [5.74, 6) is 0.235. The maximum atomic E-state index is 11.8. The van der Waals surface area contributed by atoms with E-state index in [0.29, 0.717) is 5.75 Å². The molecule has 1 unspecified atom stereocenters. The van der Waals surface area contributed by atoms with Gasteiger partial charge in [0, 0.05) is 5.92 Å². The molecule has 0 radical (unpaired) electrons. The molecule has 0 aliphatic rings. The van der Waals surface area contributed by atoms with Gasteiger partial charge in [-0.05, 0) is 42.0 Å². The summed E-state index contributed by atoms with van der Waals surface area (Å²) in [6.45, 7) is 13.3. The molecule has 2 nitrogen and oxygen atoms in total. The molecule has 0 spiro atoms. The van der Waals surface area contributed by atoms with E-state index >= 15 is 0 Å². The maximum absolute atomic E-state index is 11.8. The van der Waals surface area contributed by atoms with Gasteiger partial charge >= 0.3 is 0 Å². The SMILES string of the molecule is C=CC(=O)C(C)C(C)(C)c1cc(C)c(O)c(C)c1. The van der Waals surface area contributed by atoms with Crippen molar-refractivity contribution in [2.75, 3.05) is 0 Å². The molecule has 0 heterocycles. The van der Waals surface area contributed by atoms with Crippen molar-refractivity contribution in [3.8, 4) is 5.75 Å². The predicted molar refractivity (Wildman–Crippen MR) is 75.0 cm³/mol. The normalized spacial score (nSPS) is 13.2. The fourth-order valence-electron chi connectivity index (χ4n) is 2.11. The summed E-state index contributed by atoms with van der Waals surface area (Å²) >= 11 is 0. The highest BCUT2D eigenvalue weighted by Crippen LogP contribution is 2.36. The van der Waals surface area contributed by atoms with Crippen LogP contribution in [0.5, 0.6) is 5.75 Å². The molecule has 1 aromatic rings. The van der Waals surface area contributed by atoms with E-state index in [0.717, 1.165) is 16.7 Å². The zero-order chi connectivity index (χ0) is 14.1. The summed E-state index contributed by atoms with van der Waals surface area (Å²) < 4.78 is 0. The van der Waals surface area contributed by atoms with E-state index in [2.05, 4.69) is 6.58 Å². The van der Waals surface area contributed by atoms with Crippen LogP contribution in [0.4, 0.5) is 0 Å². The maximum Gasteiger partial charge on any atom is 0.158 e. The molecule has 0 bridgehead atoms. The van der Waals surface area contributed by atoms with Gasteiger partial charge in [-0.3, -0.25) is 4.79 Å². The monoisotopic (exact) mass is 246 g/mol. The minimum absolute atomic E-state index is 0.0448. The second-order valence-electron chi connectivity index (χ2n) is 5.51. The Bertz CT molecular complexity index is 461. The van der Waals surface area contributed by atoms with Crippen molar-refractivity contribution in [2.45, 2.75) is 40.0 Å². The van der Waals surface area contributed by atoms with Crippen molar-refractivity contribution in [2.24, 2.45) is 5.92 Å². The van der Waals surface area contributed by atoms with E-state index < -0.39 is 0 Å². The Kier molecular flexibility index (Phi) is 4.00. The van der Waals surface area contributed by atoms with Crippen LogP contribution < -0.4 is 0 Å². The number of aryl methyl sites for hydroxylation is 2. The number of aromatic hydroxyl groups is 1. The molecule has 0 aliphatic carbocycles. The van der Waals surface area contributed by atoms with Gasteiger partial charge in [0.1, 0.15) is 5.75 Å². The summed E-state index contributed by atoms with van der Waals surface area (Å²) in [7, 11) is 0. The largest absolute Gasteiger partial charge is 0.507 e. The van der Waals surface area contributed by atoms with Crippen molar-refractivity contribution < 1.29 is 9.90 Å². The Morgan fingerprint density at radius 2 is 1.78 bits per heavy atom. The lowest BCUT2D eigenvalue weighted by Crippen LogP contribution is -2.31. The van der Waals surface area contributed by atoms with E-state index in [-0.39, 0.29) is 17.1 Å². The van der Waals surface area contributed by atoms with Crippen LogP contribution in [-0.2, 0) is 10.2 Å². The van der Waals surface area contributed by atoms with Crippen LogP contribution in [0, 0.1) is 19.8 Å². The zero-order valence-corrected chi connectivity index (χ0v) is 11.9. The fourth-order valence-corrected chi connectivity index (χ4v) is 2.11. The van der Waals surface area contributed by atoms with Gasteiger partial charge in [-0.2, -0.15) is 0 Å². The number of carbonyl (C=O) groups is 1. The predicted octanol–water partition coefficient (Wildman–Crippen LogP) is 3.68. The number of hydrogen-bond donors (Lipinski definition) is 1. The molecule has 0 saturated carbocycles. The van der Waals surface area contributed by atoms with Crippen LogP contribution in [0.1, 0.15) is 37.5 Å². The Morgan fingerprint density at radius 1 is 1.33 bits per heavy atom. The summed E-state index contributed by atoms with van der Waals surface area (Å²) in [5, 5.41) is 9.81. The topological polar surface area (TPSA) is 37.3 Å². The lowest BCUT2D eigenvalue weighted by molar-refractivity contribution is -0.119. The summed E-state index contributed by atoms with van der Waals surface area (Å²) in [5.41, 5.74) is 2.47. The number of phenolic OH excluding ortho intramolecular Hbond substituents is 1. The molecule has 0 aliphatic heterocycles. The number of hydrogen-bond acceptors (Lipinski definition) is 2. The zero-order valence-electron chi connectivity index (χ0n) is 11.9. The van der Waals surface area contributed by atoms with Gasteiger partial charge in [0.15, 0.2) is 5.78 Å². The van der Waals surface area contributed by atoms with Crippen molar-refractivity contribution in [3.63, 3.8) is 0 Å². The number of phenols is 1. The molecule has 0 saturated heterocycles. The molecule has 1 aromatic carbocycles. The molecular weight excluding hydrogens is 224 g/mol. The van der Waals surface area contributed by atoms with E-state index in [1.165, 1.54) is 6.08 Å². The third kappa shape index (κ3) is 2.47. The minimum Gasteiger partial charge on any atom is -0.507 e. The molecule has 18 heavy (non-hydrogen) atoms. The van der Waals surface area contributed by atoms with Crippen molar-refractivity contribution in [3.05, 3.63) is 41.5 Å². The highest BCUT2D eigenvalue weighted by molar-refractivity contribution is 5.92. The minimum atomic E-state index is -0.283. The highest BCUT2D eigenvalue weighted by Gasteiger charge is 2.32. The Labute approximate surface area is 109 Å². The van der Waals surface area contributed by atoms with Gasteiger partial charge in [0.2, 0.25) is 0 Å². The summed E-state index contributed by atoms with van der Waals surface area (Å²) in [6.07, 6.45) is 1.38. The second-order valence-corrected chi connectivity index (χ2v) is 5.51. The quantitative estimate of drug-likeness (QED) is 0.823. The first-order valence-electron chi connectivity index (χ1n) is 6.18. The van der Waals surface area contributed by atoms with Crippen LogP contribution in [0.15, 0.2) is 24.8 Å². The van der Waals surface area contributed by atoms with Gasteiger partial charge in [-0.15, -0.1) is 0 Å². The molecule has 0 aromatic heterocycles. The molecule has 0 fully saturated rings. The molecule has 1 N–H and O–H groups in total. The summed E-state index contributed by atoms with van der Waals surface area (Å²) in [6, 6.07) is 3.91. The second kappa shape index (κ2) is 4.97. The van der Waals surface area contributed by atoms with E-state index in [4.69, 9.17) is 0 Å². The number of benzene rings is 1. The molecule has 98 valence electrons. The lowest BCUT2D eigenvalue weighted by Gasteiger charge is -2.31. The number of ketones is 1. The lowest BCUT2D eigenvalue weighted by atomic mass is 9.71. The number of allylic oxidation sites excluding steroid dienone is 1. The first-order valence-corrected chi connectivity index (χ1v) is 6.18. The average molecular weight is 246 g/mol. The van der Waals surface area contributed by atoms with Crippen molar-refractivity contribution >= 4 is 5.78 Å². The van der Waals surface area contributed by atoms with Gasteiger partial charge in [-0.25, -0.2) is 0 Å². The Balaban J connectivity index is 3.28. The molecule has 1 rings (SSSR count). The van der Waals surface area contributed by atoms with Crippen molar-refractivity contribution in [1.29, 1.82) is 0 Å². The van der Waals surface area contributed by atoms with Crippen molar-refractivity contribution in [1.82, 2.24) is 0 Å². The van der Waals surface area contributed by atoms with Gasteiger partial charge in [0.05, 0.1) is 0 Å². The third-order valence-corrected chi connectivity index (χ3v) is 3.95. The van der Waals surface area contributed by atoms with Gasteiger partial charge in [-0.1, -0.05) is 39.5 Å². The molecule has 2 heteroatoms. The standard InChI is InChI=1S/C16H22O2/c1-7-14(17)12(4)16(5,6)13-8-10(2)15(18)11(3)9-13/h7-9,12,18H,1H2,2-6H3. The van der Waals surface area contributed by atoms with Crippen LogP contribution >= 0.6 is 0 Å². The number of carbonyl (C=O) groups excluding carboxylic acids is 1. The summed E-state index contributed by atoms with van der Waals surface area (Å²) in [4.78, 5) is 11.8. The third-order valence-electron chi connectivity index (χ3n) is 3.95. The Morgan fingerprint density at radius 3 is 2.17 bits per heavy atom. The first kappa shape index (κ1) is 14.5. The highest BCUT2D eigenvalue weighted by atomic mass is 16.3. The molecule has 1 atom stereocenters. The van der Waals surface area contributed by atoms with Crippen LogP contribution in [0.2, 0.25) is 0 Å². The number of rotatable bonds is 4. The Hall–Kier alpha value is -1.57. The van der Waals surface area contributed by atoms with E-state index in [1.807, 2.05) is 46.8 Å². The molecule has 0 amide bonds. The van der Waals surface area contributed by atoms with Crippen LogP contribution in [0.25, 0.3) is 0 Å². The van der Waals surface area contributed by atoms with Gasteiger partial charge < -0.3 is 5.11 Å². The van der Waals surface area contributed by atoms with Gasteiger partial charge in [0.25, 0.3) is 0 Å². The fraction of sp³-hybridized carbons (Fsp3) is 0.438. The van der Waals surface area contributed by atoms with E-state index in [1.54, 1.807) is 0 Å². The first-order chi connectivity index (χ1) is 8.21. The smallest absolute Gasteiger partial charge is 0.158 e. The van der Waals surface area contributed by atoms with Crippen LogP contribution in [-0.4, -0.2) is 10.9 Å². The average Bonchev–Trinajstić information content (AvgIpc) is 2.33. The molecular formula is C16H22O2.